The molecule has 0 saturated carbocycles. The SMILES string of the molecule is C=C(NC)c1ccc(-c2ccc(C)cc2)cc1. The van der Waals surface area contributed by atoms with Gasteiger partial charge in [0.2, 0.25) is 0 Å². The lowest BCUT2D eigenvalue weighted by Crippen LogP contribution is -2.02. The smallest absolute Gasteiger partial charge is 0.0338 e. The molecule has 0 aliphatic carbocycles. The Morgan fingerprint density at radius 1 is 0.882 bits per heavy atom. The second-order valence-corrected chi connectivity index (χ2v) is 4.17. The van der Waals surface area contributed by atoms with Crippen LogP contribution in [0.1, 0.15) is 11.1 Å². The molecule has 2 aromatic carbocycles. The van der Waals surface area contributed by atoms with E-state index >= 15 is 0 Å². The maximum atomic E-state index is 3.95. The lowest BCUT2D eigenvalue weighted by Gasteiger charge is -2.07. The van der Waals surface area contributed by atoms with Gasteiger partial charge in [-0.3, -0.25) is 0 Å². The van der Waals surface area contributed by atoms with Gasteiger partial charge in [-0.15, -0.1) is 0 Å². The van der Waals surface area contributed by atoms with Crippen LogP contribution in [0.25, 0.3) is 16.8 Å². The van der Waals surface area contributed by atoms with E-state index < -0.39 is 0 Å². The first-order valence-electron chi connectivity index (χ1n) is 5.75. The van der Waals surface area contributed by atoms with Crippen molar-refractivity contribution in [2.75, 3.05) is 7.05 Å². The zero-order chi connectivity index (χ0) is 12.3. The Hall–Kier alpha value is -2.02. The van der Waals surface area contributed by atoms with Crippen LogP contribution in [0.2, 0.25) is 0 Å². The molecule has 0 spiro atoms. The molecule has 0 radical (unpaired) electrons. The van der Waals surface area contributed by atoms with E-state index in [2.05, 4.69) is 67.4 Å². The molecule has 0 aliphatic heterocycles. The monoisotopic (exact) mass is 223 g/mol. The van der Waals surface area contributed by atoms with Gasteiger partial charge in [0.15, 0.2) is 0 Å². The van der Waals surface area contributed by atoms with Crippen LogP contribution in [0.5, 0.6) is 0 Å². The van der Waals surface area contributed by atoms with E-state index in [1.807, 2.05) is 7.05 Å². The van der Waals surface area contributed by atoms with E-state index in [4.69, 9.17) is 0 Å². The number of benzene rings is 2. The van der Waals surface area contributed by atoms with Crippen LogP contribution in [0.15, 0.2) is 55.1 Å². The molecule has 1 N–H and O–H groups in total. The highest BCUT2D eigenvalue weighted by atomic mass is 14.8. The van der Waals surface area contributed by atoms with Gasteiger partial charge in [-0.05, 0) is 23.6 Å². The summed E-state index contributed by atoms with van der Waals surface area (Å²) in [6.07, 6.45) is 0. The maximum absolute atomic E-state index is 3.95. The molecule has 0 bridgehead atoms. The van der Waals surface area contributed by atoms with Crippen LogP contribution in [0.4, 0.5) is 0 Å². The molecule has 1 heteroatoms. The van der Waals surface area contributed by atoms with Gasteiger partial charge >= 0.3 is 0 Å². The number of aryl methyl sites for hydroxylation is 1. The lowest BCUT2D eigenvalue weighted by molar-refractivity contribution is 1.13. The standard InChI is InChI=1S/C16H17N/c1-12-4-6-15(7-5-12)16-10-8-14(9-11-16)13(2)17-3/h4-11,17H,2H2,1,3H3. The molecule has 0 unspecified atom stereocenters. The average Bonchev–Trinajstić information content (AvgIpc) is 2.39. The van der Waals surface area contributed by atoms with Crippen molar-refractivity contribution in [1.82, 2.24) is 5.32 Å². The quantitative estimate of drug-likeness (QED) is 0.833. The van der Waals surface area contributed by atoms with Crippen molar-refractivity contribution < 1.29 is 0 Å². The fourth-order valence-corrected chi connectivity index (χ4v) is 1.75. The molecule has 0 saturated heterocycles. The molecule has 2 aromatic rings. The Morgan fingerprint density at radius 3 is 1.82 bits per heavy atom. The van der Waals surface area contributed by atoms with Crippen molar-refractivity contribution in [1.29, 1.82) is 0 Å². The zero-order valence-corrected chi connectivity index (χ0v) is 10.3. The number of nitrogens with one attached hydrogen (secondary N) is 1. The molecule has 0 aliphatic rings. The van der Waals surface area contributed by atoms with E-state index in [0.29, 0.717) is 0 Å². The fraction of sp³-hybridized carbons (Fsp3) is 0.125. The molecule has 0 aromatic heterocycles. The second-order valence-electron chi connectivity index (χ2n) is 4.17. The minimum Gasteiger partial charge on any atom is -0.388 e. The Morgan fingerprint density at radius 2 is 1.35 bits per heavy atom. The van der Waals surface area contributed by atoms with Crippen LogP contribution < -0.4 is 5.32 Å². The van der Waals surface area contributed by atoms with E-state index in [9.17, 15) is 0 Å². The van der Waals surface area contributed by atoms with Gasteiger partial charge in [0.1, 0.15) is 0 Å². The van der Waals surface area contributed by atoms with E-state index in [-0.39, 0.29) is 0 Å². The third kappa shape index (κ3) is 2.56. The van der Waals surface area contributed by atoms with Crippen LogP contribution >= 0.6 is 0 Å². The van der Waals surface area contributed by atoms with Crippen molar-refractivity contribution in [3.05, 3.63) is 66.2 Å². The molecular formula is C16H17N. The van der Waals surface area contributed by atoms with E-state index in [1.54, 1.807) is 0 Å². The van der Waals surface area contributed by atoms with Gasteiger partial charge in [-0.1, -0.05) is 60.7 Å². The third-order valence-corrected chi connectivity index (χ3v) is 2.92. The van der Waals surface area contributed by atoms with E-state index in [1.165, 1.54) is 16.7 Å². The predicted molar refractivity (Wildman–Crippen MR) is 74.7 cm³/mol. The molecule has 17 heavy (non-hydrogen) atoms. The maximum Gasteiger partial charge on any atom is 0.0338 e. The average molecular weight is 223 g/mol. The Balaban J connectivity index is 2.29. The highest BCUT2D eigenvalue weighted by molar-refractivity contribution is 5.68. The van der Waals surface area contributed by atoms with Gasteiger partial charge in [0, 0.05) is 12.7 Å². The van der Waals surface area contributed by atoms with Crippen molar-refractivity contribution >= 4 is 5.70 Å². The van der Waals surface area contributed by atoms with E-state index in [0.717, 1.165) is 11.3 Å². The largest absolute Gasteiger partial charge is 0.388 e. The van der Waals surface area contributed by atoms with Crippen LogP contribution in [0.3, 0.4) is 0 Å². The summed E-state index contributed by atoms with van der Waals surface area (Å²) in [5.74, 6) is 0. The summed E-state index contributed by atoms with van der Waals surface area (Å²) in [6, 6.07) is 17.0. The molecule has 0 amide bonds. The van der Waals surface area contributed by atoms with Crippen LogP contribution in [0, 0.1) is 6.92 Å². The topological polar surface area (TPSA) is 12.0 Å². The van der Waals surface area contributed by atoms with Gasteiger partial charge in [-0.2, -0.15) is 0 Å². The normalized spacial score (nSPS) is 10.0. The van der Waals surface area contributed by atoms with Crippen molar-refractivity contribution in [3.8, 4) is 11.1 Å². The number of rotatable bonds is 3. The molecular weight excluding hydrogens is 206 g/mol. The van der Waals surface area contributed by atoms with Crippen molar-refractivity contribution in [2.45, 2.75) is 6.92 Å². The Labute approximate surface area is 103 Å². The first-order chi connectivity index (χ1) is 8.20. The van der Waals surface area contributed by atoms with Gasteiger partial charge in [0.05, 0.1) is 0 Å². The number of hydrogen-bond donors (Lipinski definition) is 1. The third-order valence-electron chi connectivity index (χ3n) is 2.92. The van der Waals surface area contributed by atoms with Gasteiger partial charge < -0.3 is 5.32 Å². The summed E-state index contributed by atoms with van der Waals surface area (Å²) in [7, 11) is 1.89. The van der Waals surface area contributed by atoms with Gasteiger partial charge in [-0.25, -0.2) is 0 Å². The molecule has 0 atom stereocenters. The zero-order valence-electron chi connectivity index (χ0n) is 10.3. The first-order valence-corrected chi connectivity index (χ1v) is 5.75. The summed E-state index contributed by atoms with van der Waals surface area (Å²) in [6.45, 7) is 6.05. The molecule has 0 fully saturated rings. The van der Waals surface area contributed by atoms with Crippen LogP contribution in [-0.4, -0.2) is 7.05 Å². The van der Waals surface area contributed by atoms with Crippen molar-refractivity contribution in [2.24, 2.45) is 0 Å². The highest BCUT2D eigenvalue weighted by Gasteiger charge is 1.99. The summed E-state index contributed by atoms with van der Waals surface area (Å²) in [4.78, 5) is 0. The Bertz CT molecular complexity index is 506. The molecule has 86 valence electrons. The summed E-state index contributed by atoms with van der Waals surface area (Å²) in [5, 5.41) is 3.05. The van der Waals surface area contributed by atoms with Crippen molar-refractivity contribution in [3.63, 3.8) is 0 Å². The molecule has 1 nitrogen and oxygen atoms in total. The summed E-state index contributed by atoms with van der Waals surface area (Å²) in [5.41, 5.74) is 5.84. The molecule has 2 rings (SSSR count). The molecule has 0 heterocycles. The summed E-state index contributed by atoms with van der Waals surface area (Å²) >= 11 is 0. The second kappa shape index (κ2) is 4.88. The minimum atomic E-state index is 0.945. The highest BCUT2D eigenvalue weighted by Crippen LogP contribution is 2.21. The van der Waals surface area contributed by atoms with Gasteiger partial charge in [0.25, 0.3) is 0 Å². The predicted octanol–water partition coefficient (Wildman–Crippen LogP) is 3.85. The number of hydrogen-bond acceptors (Lipinski definition) is 1. The van der Waals surface area contributed by atoms with Crippen LogP contribution in [-0.2, 0) is 0 Å². The Kier molecular flexibility index (Phi) is 3.29. The summed E-state index contributed by atoms with van der Waals surface area (Å²) < 4.78 is 0. The first kappa shape index (κ1) is 11.5. The minimum absolute atomic E-state index is 0.945. The lowest BCUT2D eigenvalue weighted by atomic mass is 10.0. The fourth-order valence-electron chi connectivity index (χ4n) is 1.75.